The average Bonchev–Trinajstić information content (AvgIpc) is 3.42. The summed E-state index contributed by atoms with van der Waals surface area (Å²) in [6.07, 6.45) is 1.86. The molecule has 0 amide bonds. The van der Waals surface area contributed by atoms with Crippen LogP contribution < -0.4 is 20.8 Å². The zero-order valence-electron chi connectivity index (χ0n) is 18.6. The Morgan fingerprint density at radius 2 is 1.85 bits per heavy atom. The number of hydrogen-bond acceptors (Lipinski definition) is 8. The first-order valence-electron chi connectivity index (χ1n) is 10.5. The number of methoxy groups -OCH3 is 2. The molecular formula is C23H22N8O3. The number of imidazole rings is 1. The lowest BCUT2D eigenvalue weighted by molar-refractivity contribution is 0.354. The molecular weight excluding hydrogens is 436 g/mol. The molecule has 34 heavy (non-hydrogen) atoms. The zero-order valence-corrected chi connectivity index (χ0v) is 18.6. The molecule has 0 spiro atoms. The molecule has 0 saturated carbocycles. The molecule has 0 aliphatic rings. The molecule has 3 aromatic heterocycles. The molecule has 3 heterocycles. The SMILES string of the molecule is COc1ccc(Cc2nc(N)nn2-c2cc(=O)n(Cc3nc4ccccc4[nH]3)cn2)cc1OC. The van der Waals surface area contributed by atoms with E-state index in [0.717, 1.165) is 16.6 Å². The standard InChI is InChI=1S/C23H22N8O3/c1-33-17-8-7-14(9-18(17)34-2)10-21-28-23(24)29-31(21)20-11-22(32)30(13-25-20)12-19-26-15-5-3-4-6-16(15)27-19/h3-9,11,13H,10,12H2,1-2H3,(H2,24,29)(H,26,27). The maximum atomic E-state index is 12.8. The first-order chi connectivity index (χ1) is 16.5. The number of rotatable bonds is 7. The van der Waals surface area contributed by atoms with E-state index in [0.29, 0.717) is 35.4 Å². The van der Waals surface area contributed by atoms with Crippen LogP contribution in [0.4, 0.5) is 5.95 Å². The lowest BCUT2D eigenvalue weighted by atomic mass is 10.1. The van der Waals surface area contributed by atoms with Gasteiger partial charge in [0.1, 0.15) is 18.0 Å². The third-order valence-corrected chi connectivity index (χ3v) is 5.34. The summed E-state index contributed by atoms with van der Waals surface area (Å²) in [6.45, 7) is 0.263. The second-order valence-corrected chi connectivity index (χ2v) is 7.58. The third kappa shape index (κ3) is 4.06. The van der Waals surface area contributed by atoms with Crippen molar-refractivity contribution in [3.63, 3.8) is 0 Å². The Labute approximate surface area is 193 Å². The molecule has 0 aliphatic heterocycles. The normalized spacial score (nSPS) is 11.1. The first-order valence-corrected chi connectivity index (χ1v) is 10.5. The van der Waals surface area contributed by atoms with Crippen molar-refractivity contribution in [1.29, 1.82) is 0 Å². The average molecular weight is 458 g/mol. The highest BCUT2D eigenvalue weighted by Crippen LogP contribution is 2.28. The van der Waals surface area contributed by atoms with Crippen LogP contribution in [0.25, 0.3) is 16.9 Å². The summed E-state index contributed by atoms with van der Waals surface area (Å²) in [5.74, 6) is 2.84. The Morgan fingerprint density at radius 1 is 1.03 bits per heavy atom. The van der Waals surface area contributed by atoms with Crippen molar-refractivity contribution in [3.05, 3.63) is 82.4 Å². The molecule has 0 unspecified atom stereocenters. The molecule has 11 nitrogen and oxygen atoms in total. The highest BCUT2D eigenvalue weighted by Gasteiger charge is 2.15. The number of nitrogens with zero attached hydrogens (tertiary/aromatic N) is 6. The monoisotopic (exact) mass is 458 g/mol. The number of hydrogen-bond donors (Lipinski definition) is 2. The van der Waals surface area contributed by atoms with E-state index in [4.69, 9.17) is 15.2 Å². The number of nitrogens with one attached hydrogen (secondary N) is 1. The number of H-pyrrole nitrogens is 1. The van der Waals surface area contributed by atoms with Crippen molar-refractivity contribution in [2.24, 2.45) is 0 Å². The predicted octanol–water partition coefficient (Wildman–Crippen LogP) is 1.94. The molecule has 5 rings (SSSR count). The van der Waals surface area contributed by atoms with Crippen molar-refractivity contribution in [1.82, 2.24) is 34.3 Å². The summed E-state index contributed by atoms with van der Waals surface area (Å²) in [7, 11) is 3.16. The summed E-state index contributed by atoms with van der Waals surface area (Å²) in [6, 6.07) is 14.7. The molecule has 0 atom stereocenters. The van der Waals surface area contributed by atoms with Crippen LogP contribution in [0.3, 0.4) is 0 Å². The van der Waals surface area contributed by atoms with E-state index in [2.05, 4.69) is 25.0 Å². The molecule has 3 N–H and O–H groups in total. The highest BCUT2D eigenvalue weighted by atomic mass is 16.5. The van der Waals surface area contributed by atoms with Crippen LogP contribution in [0.1, 0.15) is 17.2 Å². The van der Waals surface area contributed by atoms with Crippen molar-refractivity contribution >= 4 is 17.0 Å². The van der Waals surface area contributed by atoms with E-state index >= 15 is 0 Å². The van der Waals surface area contributed by atoms with E-state index < -0.39 is 0 Å². The molecule has 0 radical (unpaired) electrons. The molecule has 0 saturated heterocycles. The third-order valence-electron chi connectivity index (χ3n) is 5.34. The van der Waals surface area contributed by atoms with Gasteiger partial charge in [0, 0.05) is 12.5 Å². The van der Waals surface area contributed by atoms with Crippen LogP contribution in [0.2, 0.25) is 0 Å². The number of anilines is 1. The Hall–Kier alpha value is -4.67. The van der Waals surface area contributed by atoms with E-state index in [1.165, 1.54) is 21.6 Å². The lowest BCUT2D eigenvalue weighted by Gasteiger charge is -2.10. The van der Waals surface area contributed by atoms with Gasteiger partial charge in [-0.15, -0.1) is 5.10 Å². The van der Waals surface area contributed by atoms with Gasteiger partial charge in [0.2, 0.25) is 5.95 Å². The number of nitrogens with two attached hydrogens (primary N) is 1. The van der Waals surface area contributed by atoms with E-state index in [1.807, 2.05) is 42.5 Å². The van der Waals surface area contributed by atoms with Crippen LogP contribution in [-0.4, -0.2) is 48.5 Å². The summed E-state index contributed by atoms with van der Waals surface area (Å²) in [5.41, 5.74) is 8.27. The van der Waals surface area contributed by atoms with Gasteiger partial charge >= 0.3 is 0 Å². The minimum Gasteiger partial charge on any atom is -0.493 e. The molecule has 0 aliphatic carbocycles. The maximum Gasteiger partial charge on any atom is 0.255 e. The van der Waals surface area contributed by atoms with E-state index in [9.17, 15) is 4.79 Å². The summed E-state index contributed by atoms with van der Waals surface area (Å²) in [4.78, 5) is 29.3. The van der Waals surface area contributed by atoms with Gasteiger partial charge in [-0.2, -0.15) is 9.67 Å². The molecule has 0 bridgehead atoms. The minimum absolute atomic E-state index is 0.0868. The van der Waals surface area contributed by atoms with Crippen molar-refractivity contribution in [2.75, 3.05) is 20.0 Å². The second kappa shape index (κ2) is 8.70. The fraction of sp³-hybridized carbons (Fsp3) is 0.174. The Morgan fingerprint density at radius 3 is 2.62 bits per heavy atom. The van der Waals surface area contributed by atoms with Crippen LogP contribution in [0.15, 0.2) is 59.7 Å². The van der Waals surface area contributed by atoms with Crippen LogP contribution in [-0.2, 0) is 13.0 Å². The van der Waals surface area contributed by atoms with Gasteiger partial charge in [0.25, 0.3) is 5.56 Å². The first kappa shape index (κ1) is 21.2. The zero-order chi connectivity index (χ0) is 23.7. The van der Waals surface area contributed by atoms with Crippen LogP contribution in [0, 0.1) is 0 Å². The van der Waals surface area contributed by atoms with E-state index in [1.54, 1.807) is 14.2 Å². The number of aromatic nitrogens is 7. The second-order valence-electron chi connectivity index (χ2n) is 7.58. The summed E-state index contributed by atoms with van der Waals surface area (Å²) >= 11 is 0. The van der Waals surface area contributed by atoms with Crippen LogP contribution in [0.5, 0.6) is 11.5 Å². The minimum atomic E-state index is -0.253. The smallest absolute Gasteiger partial charge is 0.255 e. The van der Waals surface area contributed by atoms with Crippen LogP contribution >= 0.6 is 0 Å². The Bertz CT molecular complexity index is 1500. The molecule has 5 aromatic rings. The fourth-order valence-corrected chi connectivity index (χ4v) is 3.73. The lowest BCUT2D eigenvalue weighted by Crippen LogP contribution is -2.22. The Balaban J connectivity index is 1.42. The van der Waals surface area contributed by atoms with Crippen molar-refractivity contribution < 1.29 is 9.47 Å². The quantitative estimate of drug-likeness (QED) is 0.377. The van der Waals surface area contributed by atoms with Crippen molar-refractivity contribution in [3.8, 4) is 17.3 Å². The van der Waals surface area contributed by atoms with Gasteiger partial charge < -0.3 is 20.2 Å². The van der Waals surface area contributed by atoms with Gasteiger partial charge in [-0.3, -0.25) is 9.36 Å². The number of nitrogen functional groups attached to an aromatic ring is 1. The summed E-state index contributed by atoms with van der Waals surface area (Å²) in [5, 5.41) is 4.24. The largest absolute Gasteiger partial charge is 0.493 e. The number of para-hydroxylation sites is 2. The molecule has 11 heteroatoms. The number of aromatic amines is 1. The van der Waals surface area contributed by atoms with Gasteiger partial charge in [0.05, 0.1) is 31.8 Å². The highest BCUT2D eigenvalue weighted by molar-refractivity contribution is 5.74. The van der Waals surface area contributed by atoms with Gasteiger partial charge in [0.15, 0.2) is 17.3 Å². The van der Waals surface area contributed by atoms with E-state index in [-0.39, 0.29) is 18.1 Å². The Kier molecular flexibility index (Phi) is 5.42. The van der Waals surface area contributed by atoms with Crippen molar-refractivity contribution in [2.45, 2.75) is 13.0 Å². The number of benzene rings is 2. The summed E-state index contributed by atoms with van der Waals surface area (Å²) < 4.78 is 13.6. The van der Waals surface area contributed by atoms with Gasteiger partial charge in [-0.25, -0.2) is 9.97 Å². The van der Waals surface area contributed by atoms with Gasteiger partial charge in [-0.05, 0) is 29.8 Å². The predicted molar refractivity (Wildman–Crippen MR) is 125 cm³/mol. The maximum absolute atomic E-state index is 12.8. The molecule has 0 fully saturated rings. The number of fused-ring (bicyclic) bond motifs is 1. The topological polar surface area (TPSA) is 139 Å². The van der Waals surface area contributed by atoms with Gasteiger partial charge in [-0.1, -0.05) is 18.2 Å². The number of ether oxygens (including phenoxy) is 2. The fourth-order valence-electron chi connectivity index (χ4n) is 3.73. The molecule has 2 aromatic carbocycles. The molecule has 172 valence electrons.